The van der Waals surface area contributed by atoms with Gasteiger partial charge in [-0.1, -0.05) is 24.3 Å². The minimum atomic E-state index is -1.40. The van der Waals surface area contributed by atoms with Gasteiger partial charge in [-0.2, -0.15) is 0 Å². The van der Waals surface area contributed by atoms with Gasteiger partial charge in [0.1, 0.15) is 0 Å². The molecule has 0 aliphatic rings. The van der Waals surface area contributed by atoms with E-state index in [2.05, 4.69) is 0 Å². The normalized spacial score (nSPS) is 10.7. The van der Waals surface area contributed by atoms with Gasteiger partial charge in [0.05, 0.1) is 0 Å². The molecule has 0 atom stereocenters. The van der Waals surface area contributed by atoms with Crippen molar-refractivity contribution in [2.45, 2.75) is 12.7 Å². The molecule has 0 unspecified atom stereocenters. The maximum Gasteiger partial charge on any atom is 0.178 e. The summed E-state index contributed by atoms with van der Waals surface area (Å²) in [6.45, 7) is 0.518. The topological polar surface area (TPSA) is 66.5 Å². The molecule has 3 heteroatoms. The quantitative estimate of drug-likeness (QED) is 0.562. The summed E-state index contributed by atoms with van der Waals surface area (Å²) in [7, 11) is 0. The first-order valence-electron chi connectivity index (χ1n) is 3.89. The third kappa shape index (κ3) is 2.04. The molecule has 12 heavy (non-hydrogen) atoms. The standard InChI is InChI=1S/C9H13NO2/c10-6-5-7-3-1-2-4-8(7)9(11)12/h1-4,9,11-12H,5-6,10H2. The van der Waals surface area contributed by atoms with Gasteiger partial charge in [-0.3, -0.25) is 0 Å². The molecule has 4 N–H and O–H groups in total. The third-order valence-electron chi connectivity index (χ3n) is 1.75. The molecule has 1 aromatic carbocycles. The number of aliphatic hydroxyl groups excluding tert-OH is 1. The van der Waals surface area contributed by atoms with Crippen molar-refractivity contribution in [3.8, 4) is 0 Å². The zero-order valence-electron chi connectivity index (χ0n) is 6.77. The Labute approximate surface area is 71.5 Å². The van der Waals surface area contributed by atoms with Gasteiger partial charge in [-0.15, -0.1) is 0 Å². The van der Waals surface area contributed by atoms with Gasteiger partial charge in [-0.05, 0) is 18.5 Å². The van der Waals surface area contributed by atoms with Crippen molar-refractivity contribution in [1.29, 1.82) is 0 Å². The first kappa shape index (κ1) is 9.19. The van der Waals surface area contributed by atoms with Gasteiger partial charge in [-0.25, -0.2) is 0 Å². The summed E-state index contributed by atoms with van der Waals surface area (Å²) >= 11 is 0. The molecular formula is C9H13NO2. The monoisotopic (exact) mass is 167 g/mol. The van der Waals surface area contributed by atoms with Crippen molar-refractivity contribution in [2.75, 3.05) is 6.54 Å². The van der Waals surface area contributed by atoms with E-state index in [-0.39, 0.29) is 0 Å². The number of hydrogen-bond acceptors (Lipinski definition) is 3. The Morgan fingerprint density at radius 1 is 1.25 bits per heavy atom. The van der Waals surface area contributed by atoms with Gasteiger partial charge >= 0.3 is 0 Å². The number of rotatable bonds is 3. The Bertz CT molecular complexity index is 248. The predicted octanol–water partition coefficient (Wildman–Crippen LogP) is 0.171. The molecule has 0 bridgehead atoms. The summed E-state index contributed by atoms with van der Waals surface area (Å²) in [5.41, 5.74) is 6.81. The molecule has 1 rings (SSSR count). The second kappa shape index (κ2) is 4.21. The molecule has 0 fully saturated rings. The molecule has 0 saturated carbocycles. The molecule has 3 nitrogen and oxygen atoms in total. The van der Waals surface area contributed by atoms with E-state index < -0.39 is 6.29 Å². The van der Waals surface area contributed by atoms with Crippen LogP contribution in [0.25, 0.3) is 0 Å². The van der Waals surface area contributed by atoms with E-state index >= 15 is 0 Å². The highest BCUT2D eigenvalue weighted by Crippen LogP contribution is 2.15. The molecule has 0 saturated heterocycles. The smallest absolute Gasteiger partial charge is 0.178 e. The van der Waals surface area contributed by atoms with Crippen molar-refractivity contribution < 1.29 is 10.2 Å². The van der Waals surface area contributed by atoms with Crippen molar-refractivity contribution in [3.63, 3.8) is 0 Å². The Morgan fingerprint density at radius 2 is 1.92 bits per heavy atom. The number of aliphatic hydroxyl groups is 2. The molecule has 0 amide bonds. The van der Waals surface area contributed by atoms with Crippen LogP contribution in [0.3, 0.4) is 0 Å². The average molecular weight is 167 g/mol. The molecule has 0 radical (unpaired) electrons. The molecule has 0 spiro atoms. The van der Waals surface area contributed by atoms with Crippen LogP contribution >= 0.6 is 0 Å². The van der Waals surface area contributed by atoms with Gasteiger partial charge in [0.2, 0.25) is 0 Å². The summed E-state index contributed by atoms with van der Waals surface area (Å²) < 4.78 is 0. The van der Waals surface area contributed by atoms with Crippen LogP contribution in [0.5, 0.6) is 0 Å². The highest BCUT2D eigenvalue weighted by Gasteiger charge is 2.06. The highest BCUT2D eigenvalue weighted by molar-refractivity contribution is 5.28. The van der Waals surface area contributed by atoms with Crippen molar-refractivity contribution in [3.05, 3.63) is 35.4 Å². The molecule has 1 aromatic rings. The Morgan fingerprint density at radius 3 is 2.50 bits per heavy atom. The number of hydrogen-bond donors (Lipinski definition) is 3. The predicted molar refractivity (Wildman–Crippen MR) is 46.4 cm³/mol. The van der Waals surface area contributed by atoms with E-state index in [4.69, 9.17) is 15.9 Å². The van der Waals surface area contributed by atoms with Crippen LogP contribution in [0.1, 0.15) is 17.4 Å². The lowest BCUT2D eigenvalue weighted by Crippen LogP contribution is -2.07. The lowest BCUT2D eigenvalue weighted by atomic mass is 10.0. The summed E-state index contributed by atoms with van der Waals surface area (Å²) in [6, 6.07) is 7.17. The Kier molecular flexibility index (Phi) is 3.22. The van der Waals surface area contributed by atoms with Crippen molar-refractivity contribution in [1.82, 2.24) is 0 Å². The van der Waals surface area contributed by atoms with Gasteiger partial charge in [0.25, 0.3) is 0 Å². The molecular weight excluding hydrogens is 154 g/mol. The van der Waals surface area contributed by atoms with Gasteiger partial charge < -0.3 is 15.9 Å². The zero-order chi connectivity index (χ0) is 8.97. The number of nitrogens with two attached hydrogens (primary N) is 1. The van der Waals surface area contributed by atoms with Crippen LogP contribution < -0.4 is 5.73 Å². The molecule has 0 aliphatic carbocycles. The minimum Gasteiger partial charge on any atom is -0.364 e. The summed E-state index contributed by atoms with van der Waals surface area (Å²) in [5, 5.41) is 17.9. The fourth-order valence-electron chi connectivity index (χ4n) is 1.17. The zero-order valence-corrected chi connectivity index (χ0v) is 6.77. The lowest BCUT2D eigenvalue weighted by molar-refractivity contribution is -0.0430. The van der Waals surface area contributed by atoms with E-state index in [0.29, 0.717) is 18.5 Å². The first-order chi connectivity index (χ1) is 5.75. The average Bonchev–Trinajstić information content (AvgIpc) is 2.05. The summed E-state index contributed by atoms with van der Waals surface area (Å²) in [6.07, 6.45) is -0.721. The second-order valence-corrected chi connectivity index (χ2v) is 2.61. The first-order valence-corrected chi connectivity index (χ1v) is 3.89. The van der Waals surface area contributed by atoms with Gasteiger partial charge in [0.15, 0.2) is 6.29 Å². The number of benzene rings is 1. The van der Waals surface area contributed by atoms with Crippen molar-refractivity contribution >= 4 is 0 Å². The molecule has 66 valence electrons. The third-order valence-corrected chi connectivity index (χ3v) is 1.75. The molecule has 0 heterocycles. The van der Waals surface area contributed by atoms with E-state index in [0.717, 1.165) is 5.56 Å². The maximum absolute atomic E-state index is 8.95. The van der Waals surface area contributed by atoms with E-state index in [1.165, 1.54) is 0 Å². The molecule has 0 aliphatic heterocycles. The second-order valence-electron chi connectivity index (χ2n) is 2.61. The lowest BCUT2D eigenvalue weighted by Gasteiger charge is -2.09. The minimum absolute atomic E-state index is 0.518. The van der Waals surface area contributed by atoms with Crippen LogP contribution in [-0.2, 0) is 6.42 Å². The highest BCUT2D eigenvalue weighted by atomic mass is 16.5. The van der Waals surface area contributed by atoms with E-state index in [1.54, 1.807) is 12.1 Å². The van der Waals surface area contributed by atoms with E-state index in [9.17, 15) is 0 Å². The Balaban J connectivity index is 2.92. The van der Waals surface area contributed by atoms with Crippen LogP contribution in [0, 0.1) is 0 Å². The van der Waals surface area contributed by atoms with Crippen LogP contribution in [0.4, 0.5) is 0 Å². The summed E-state index contributed by atoms with van der Waals surface area (Å²) in [5.74, 6) is 0. The Hall–Kier alpha value is -0.900. The SMILES string of the molecule is NCCc1ccccc1C(O)O. The van der Waals surface area contributed by atoms with Crippen molar-refractivity contribution in [2.24, 2.45) is 5.73 Å². The molecule has 0 aromatic heterocycles. The van der Waals surface area contributed by atoms with E-state index in [1.807, 2.05) is 12.1 Å². The maximum atomic E-state index is 8.95. The van der Waals surface area contributed by atoms with Gasteiger partial charge in [0, 0.05) is 5.56 Å². The fourth-order valence-corrected chi connectivity index (χ4v) is 1.17. The van der Waals surface area contributed by atoms with Crippen LogP contribution in [-0.4, -0.2) is 16.8 Å². The van der Waals surface area contributed by atoms with Crippen LogP contribution in [0.15, 0.2) is 24.3 Å². The largest absolute Gasteiger partial charge is 0.364 e. The van der Waals surface area contributed by atoms with Crippen LogP contribution in [0.2, 0.25) is 0 Å². The summed E-state index contributed by atoms with van der Waals surface area (Å²) in [4.78, 5) is 0. The fraction of sp³-hybridized carbons (Fsp3) is 0.333.